The molecule has 1 aliphatic heterocycles. The molecule has 1 atom stereocenters. The number of fused-ring (bicyclic) bond motifs is 1. The van der Waals surface area contributed by atoms with Crippen molar-refractivity contribution in [1.82, 2.24) is 0 Å². The van der Waals surface area contributed by atoms with E-state index in [-0.39, 0.29) is 17.3 Å². The third kappa shape index (κ3) is 3.58. The molecule has 29 heavy (non-hydrogen) atoms. The van der Waals surface area contributed by atoms with Gasteiger partial charge < -0.3 is 14.8 Å². The van der Waals surface area contributed by atoms with Gasteiger partial charge in [0.25, 0.3) is 5.91 Å². The van der Waals surface area contributed by atoms with Gasteiger partial charge in [0.2, 0.25) is 5.91 Å². The Morgan fingerprint density at radius 1 is 1.24 bits per heavy atom. The summed E-state index contributed by atoms with van der Waals surface area (Å²) in [6.45, 7) is 4.74. The molecular weight excluding hydrogens is 378 g/mol. The molecule has 0 aromatic heterocycles. The summed E-state index contributed by atoms with van der Waals surface area (Å²) >= 11 is 0. The smallest absolute Gasteiger partial charge is 0.314 e. The highest BCUT2D eigenvalue weighted by Crippen LogP contribution is 2.38. The average molecular weight is 399 g/mol. The van der Waals surface area contributed by atoms with Crippen molar-refractivity contribution in [3.63, 3.8) is 0 Å². The fourth-order valence-corrected chi connectivity index (χ4v) is 3.14. The van der Waals surface area contributed by atoms with Crippen LogP contribution in [0.5, 0.6) is 11.5 Å². The fourth-order valence-electron chi connectivity index (χ4n) is 3.14. The maximum absolute atomic E-state index is 13.3. The molecule has 0 spiro atoms. The minimum Gasteiger partial charge on any atom is -0.496 e. The Morgan fingerprint density at radius 2 is 1.93 bits per heavy atom. The van der Waals surface area contributed by atoms with Crippen LogP contribution in [0.3, 0.4) is 0 Å². The Kier molecular flexibility index (Phi) is 5.15. The number of benzene rings is 2. The molecule has 0 bridgehead atoms. The number of methoxy groups -OCH3 is 1. The molecule has 9 nitrogen and oxygen atoms in total. The molecule has 0 saturated carbocycles. The Labute approximate surface area is 167 Å². The molecule has 2 aromatic carbocycles. The lowest BCUT2D eigenvalue weighted by atomic mass is 9.95. The number of amides is 2. The molecule has 0 saturated heterocycles. The molecule has 2 amide bonds. The zero-order valence-electron chi connectivity index (χ0n) is 16.5. The molecule has 0 unspecified atom stereocenters. The van der Waals surface area contributed by atoms with Gasteiger partial charge in [-0.1, -0.05) is 12.1 Å². The number of ether oxygens (including phenoxy) is 2. The molecule has 0 radical (unpaired) electrons. The summed E-state index contributed by atoms with van der Waals surface area (Å²) in [4.78, 5) is 37.9. The second-order valence-corrected chi connectivity index (χ2v) is 7.05. The zero-order chi connectivity index (χ0) is 21.3. The topological polar surface area (TPSA) is 111 Å². The number of nitrogens with one attached hydrogen (secondary N) is 1. The van der Waals surface area contributed by atoms with Crippen molar-refractivity contribution in [2.75, 3.05) is 17.3 Å². The van der Waals surface area contributed by atoms with Gasteiger partial charge in [0.1, 0.15) is 11.3 Å². The maximum atomic E-state index is 13.3. The molecular formula is C20H21N3O6. The number of nitro groups is 1. The van der Waals surface area contributed by atoms with E-state index in [1.165, 1.54) is 37.1 Å². The van der Waals surface area contributed by atoms with Gasteiger partial charge in [0, 0.05) is 0 Å². The zero-order valence-corrected chi connectivity index (χ0v) is 16.5. The highest BCUT2D eigenvalue weighted by atomic mass is 16.6. The van der Waals surface area contributed by atoms with Crippen LogP contribution in [0, 0.1) is 10.1 Å². The van der Waals surface area contributed by atoms with Gasteiger partial charge in [-0.05, 0) is 45.0 Å². The molecule has 1 aliphatic rings. The third-order valence-corrected chi connectivity index (χ3v) is 4.74. The first-order valence-electron chi connectivity index (χ1n) is 8.90. The number of carbonyl (C=O) groups excluding carboxylic acids is 2. The Morgan fingerprint density at radius 3 is 2.59 bits per heavy atom. The number of anilines is 2. The van der Waals surface area contributed by atoms with E-state index in [0.717, 1.165) is 0 Å². The normalized spacial score (nSPS) is 15.7. The Balaban J connectivity index is 1.95. The van der Waals surface area contributed by atoms with Gasteiger partial charge in [0.05, 0.1) is 29.5 Å². The van der Waals surface area contributed by atoms with E-state index in [0.29, 0.717) is 17.1 Å². The number of para-hydroxylation sites is 2. The van der Waals surface area contributed by atoms with Crippen molar-refractivity contribution in [3.05, 3.63) is 52.6 Å². The number of hydrogen-bond acceptors (Lipinski definition) is 6. The van der Waals surface area contributed by atoms with Crippen LogP contribution in [0.25, 0.3) is 0 Å². The summed E-state index contributed by atoms with van der Waals surface area (Å²) in [5, 5.41) is 14.2. The number of nitrogens with zero attached hydrogens (tertiary/aromatic N) is 2. The van der Waals surface area contributed by atoms with Gasteiger partial charge in [-0.3, -0.25) is 24.6 Å². The first-order chi connectivity index (χ1) is 13.7. The minimum atomic E-state index is -1.17. The lowest BCUT2D eigenvalue weighted by Crippen LogP contribution is -2.60. The number of carbonyl (C=O) groups is 2. The average Bonchev–Trinajstić information content (AvgIpc) is 2.68. The lowest BCUT2D eigenvalue weighted by Gasteiger charge is -2.42. The predicted octanol–water partition coefficient (Wildman–Crippen LogP) is 3.13. The minimum absolute atomic E-state index is 0.0656. The summed E-state index contributed by atoms with van der Waals surface area (Å²) in [5.41, 5.74) is -0.454. The summed E-state index contributed by atoms with van der Waals surface area (Å²) < 4.78 is 10.7. The number of nitro benzene ring substituents is 1. The molecule has 2 aromatic rings. The SMILES string of the molecule is COc1ccc(O[C@H](C)C(=O)N2c3ccccc3NC(=O)C2(C)C)c([N+](=O)[O-])c1. The van der Waals surface area contributed by atoms with Crippen LogP contribution in [-0.2, 0) is 9.59 Å². The molecule has 3 rings (SSSR count). The molecule has 1 N–H and O–H groups in total. The second kappa shape index (κ2) is 7.42. The largest absolute Gasteiger partial charge is 0.496 e. The number of rotatable bonds is 5. The van der Waals surface area contributed by atoms with E-state index in [4.69, 9.17) is 9.47 Å². The van der Waals surface area contributed by atoms with Gasteiger partial charge in [-0.15, -0.1) is 0 Å². The van der Waals surface area contributed by atoms with Crippen molar-refractivity contribution in [2.24, 2.45) is 0 Å². The van der Waals surface area contributed by atoms with E-state index >= 15 is 0 Å². The first kappa shape index (κ1) is 20.1. The highest BCUT2D eigenvalue weighted by molar-refractivity contribution is 6.14. The van der Waals surface area contributed by atoms with E-state index < -0.39 is 22.5 Å². The van der Waals surface area contributed by atoms with Crippen LogP contribution in [0.15, 0.2) is 42.5 Å². The van der Waals surface area contributed by atoms with E-state index in [2.05, 4.69) is 5.32 Å². The summed E-state index contributed by atoms with van der Waals surface area (Å²) in [7, 11) is 1.40. The van der Waals surface area contributed by atoms with Crippen molar-refractivity contribution >= 4 is 28.9 Å². The van der Waals surface area contributed by atoms with Crippen LogP contribution in [0.1, 0.15) is 20.8 Å². The van der Waals surface area contributed by atoms with Crippen molar-refractivity contribution < 1.29 is 24.0 Å². The van der Waals surface area contributed by atoms with Crippen LogP contribution >= 0.6 is 0 Å². The van der Waals surface area contributed by atoms with E-state index in [1.807, 2.05) is 0 Å². The maximum Gasteiger partial charge on any atom is 0.314 e. The third-order valence-electron chi connectivity index (χ3n) is 4.74. The van der Waals surface area contributed by atoms with Crippen molar-refractivity contribution in [2.45, 2.75) is 32.4 Å². The van der Waals surface area contributed by atoms with Crippen molar-refractivity contribution in [1.29, 1.82) is 0 Å². The van der Waals surface area contributed by atoms with Crippen LogP contribution in [-0.4, -0.2) is 35.5 Å². The van der Waals surface area contributed by atoms with Crippen molar-refractivity contribution in [3.8, 4) is 11.5 Å². The molecule has 0 aliphatic carbocycles. The molecule has 0 fully saturated rings. The van der Waals surface area contributed by atoms with Gasteiger partial charge >= 0.3 is 5.69 Å². The number of hydrogen-bond donors (Lipinski definition) is 1. The van der Waals surface area contributed by atoms with E-state index in [9.17, 15) is 19.7 Å². The molecule has 152 valence electrons. The monoisotopic (exact) mass is 399 g/mol. The van der Waals surface area contributed by atoms with Crippen LogP contribution in [0.4, 0.5) is 17.1 Å². The first-order valence-corrected chi connectivity index (χ1v) is 8.90. The van der Waals surface area contributed by atoms with E-state index in [1.54, 1.807) is 38.1 Å². The Bertz CT molecular complexity index is 988. The molecule has 9 heteroatoms. The van der Waals surface area contributed by atoms with Crippen LogP contribution < -0.4 is 19.7 Å². The van der Waals surface area contributed by atoms with Crippen LogP contribution in [0.2, 0.25) is 0 Å². The standard InChI is InChI=1S/C20H21N3O6/c1-12(29-17-10-9-13(28-4)11-16(17)23(26)27)18(24)22-15-8-6-5-7-14(15)21-19(25)20(22,2)3/h5-12H,1-4H3,(H,21,25)/t12-/m1/s1. The van der Waals surface area contributed by atoms with Gasteiger partial charge in [0.15, 0.2) is 11.9 Å². The summed E-state index contributed by atoms with van der Waals surface area (Å²) in [5.74, 6) is -0.607. The predicted molar refractivity (Wildman–Crippen MR) is 106 cm³/mol. The fraction of sp³-hybridized carbons (Fsp3) is 0.300. The summed E-state index contributed by atoms with van der Waals surface area (Å²) in [6, 6.07) is 11.0. The lowest BCUT2D eigenvalue weighted by molar-refractivity contribution is -0.386. The van der Waals surface area contributed by atoms with Gasteiger partial charge in [-0.2, -0.15) is 0 Å². The quantitative estimate of drug-likeness (QED) is 0.611. The summed E-state index contributed by atoms with van der Waals surface area (Å²) in [6.07, 6.45) is -1.08. The highest BCUT2D eigenvalue weighted by Gasteiger charge is 2.45. The molecule has 1 heterocycles. The Hall–Kier alpha value is -3.62. The second-order valence-electron chi connectivity index (χ2n) is 7.05. The van der Waals surface area contributed by atoms with Gasteiger partial charge in [-0.25, -0.2) is 0 Å².